The number of hydrogen-bond donors (Lipinski definition) is 1. The monoisotopic (exact) mass is 364 g/mol. The van der Waals surface area contributed by atoms with Gasteiger partial charge in [-0.1, -0.05) is 65.0 Å². The zero-order chi connectivity index (χ0) is 19.8. The topological polar surface area (TPSA) is 59.3 Å². The largest absolute Gasteiger partial charge is 0.345 e. The molecule has 0 aliphatic heterocycles. The second-order valence-corrected chi connectivity index (χ2v) is 8.37. The molecule has 2 aromatic heterocycles. The van der Waals surface area contributed by atoms with Gasteiger partial charge in [-0.2, -0.15) is 5.10 Å². The molecule has 0 spiro atoms. The van der Waals surface area contributed by atoms with Gasteiger partial charge >= 0.3 is 0 Å². The van der Waals surface area contributed by atoms with E-state index in [-0.39, 0.29) is 23.3 Å². The minimum Gasteiger partial charge on any atom is -0.345 e. The van der Waals surface area contributed by atoms with Gasteiger partial charge in [0.1, 0.15) is 0 Å². The molecule has 5 nitrogen and oxygen atoms in total. The van der Waals surface area contributed by atoms with E-state index in [1.165, 1.54) is 0 Å². The average Bonchev–Trinajstić information content (AvgIpc) is 3.05. The number of hydrogen-bond acceptors (Lipinski definition) is 3. The number of carbonyl (C=O) groups excluding carboxylic acids is 1. The summed E-state index contributed by atoms with van der Waals surface area (Å²) in [5, 5.41) is 7.85. The van der Waals surface area contributed by atoms with Gasteiger partial charge < -0.3 is 5.32 Å². The first kappa shape index (κ1) is 19.1. The number of rotatable bonds is 4. The van der Waals surface area contributed by atoms with Crippen LogP contribution in [0.5, 0.6) is 0 Å². The minimum atomic E-state index is -0.128. The third kappa shape index (κ3) is 3.87. The molecule has 2 heterocycles. The van der Waals surface area contributed by atoms with Crippen LogP contribution >= 0.6 is 0 Å². The highest BCUT2D eigenvalue weighted by Gasteiger charge is 2.24. The Bertz CT molecular complexity index is 952. The van der Waals surface area contributed by atoms with Crippen molar-refractivity contribution in [2.24, 2.45) is 0 Å². The van der Waals surface area contributed by atoms with Gasteiger partial charge in [0.2, 0.25) is 0 Å². The summed E-state index contributed by atoms with van der Waals surface area (Å²) in [5.41, 5.74) is 4.19. The number of benzene rings is 1. The summed E-state index contributed by atoms with van der Waals surface area (Å²) in [6.07, 6.45) is 1.67. The van der Waals surface area contributed by atoms with E-state index in [2.05, 4.69) is 44.9 Å². The van der Waals surface area contributed by atoms with Gasteiger partial charge in [0.15, 0.2) is 5.65 Å². The number of fused-ring (bicyclic) bond motifs is 1. The molecule has 142 valence electrons. The first-order valence-corrected chi connectivity index (χ1v) is 9.43. The second kappa shape index (κ2) is 7.14. The van der Waals surface area contributed by atoms with Crippen molar-refractivity contribution >= 4 is 11.6 Å². The van der Waals surface area contributed by atoms with Crippen LogP contribution in [0, 0.1) is 0 Å². The number of carbonyl (C=O) groups is 1. The van der Waals surface area contributed by atoms with Crippen LogP contribution in [-0.2, 0) is 5.41 Å². The molecule has 27 heavy (non-hydrogen) atoms. The van der Waals surface area contributed by atoms with Crippen molar-refractivity contribution in [3.05, 3.63) is 65.1 Å². The molecule has 5 heteroatoms. The van der Waals surface area contributed by atoms with Crippen LogP contribution in [0.25, 0.3) is 5.65 Å². The van der Waals surface area contributed by atoms with E-state index in [0.29, 0.717) is 5.56 Å². The summed E-state index contributed by atoms with van der Waals surface area (Å²) < 4.78 is 1.83. The predicted octanol–water partition coefficient (Wildman–Crippen LogP) is 4.64. The summed E-state index contributed by atoms with van der Waals surface area (Å²) in [5.74, 6) is 0.00765. The molecule has 1 amide bonds. The molecule has 0 saturated heterocycles. The van der Waals surface area contributed by atoms with E-state index in [4.69, 9.17) is 5.10 Å². The summed E-state index contributed by atoms with van der Waals surface area (Å²) in [7, 11) is 0. The third-order valence-electron chi connectivity index (χ3n) is 4.73. The maximum Gasteiger partial charge on any atom is 0.255 e. The van der Waals surface area contributed by atoms with Crippen molar-refractivity contribution in [1.82, 2.24) is 19.9 Å². The van der Waals surface area contributed by atoms with Crippen LogP contribution in [0.4, 0.5) is 0 Å². The van der Waals surface area contributed by atoms with E-state index in [9.17, 15) is 4.79 Å². The molecule has 0 bridgehead atoms. The Morgan fingerprint density at radius 3 is 2.37 bits per heavy atom. The summed E-state index contributed by atoms with van der Waals surface area (Å²) in [6, 6.07) is 11.9. The molecule has 1 aromatic carbocycles. The highest BCUT2D eigenvalue weighted by Crippen LogP contribution is 2.26. The van der Waals surface area contributed by atoms with Crippen molar-refractivity contribution in [2.75, 3.05) is 0 Å². The molecule has 3 rings (SSSR count). The normalized spacial score (nSPS) is 13.1. The summed E-state index contributed by atoms with van der Waals surface area (Å²) in [6.45, 7) is 12.5. The Balaban J connectivity index is 2.00. The van der Waals surface area contributed by atoms with Crippen molar-refractivity contribution in [3.63, 3.8) is 0 Å². The number of amides is 1. The Morgan fingerprint density at radius 2 is 1.78 bits per heavy atom. The number of aromatic nitrogens is 3. The van der Waals surface area contributed by atoms with E-state index in [0.717, 1.165) is 22.6 Å². The smallest absolute Gasteiger partial charge is 0.255 e. The van der Waals surface area contributed by atoms with Gasteiger partial charge in [-0.05, 0) is 18.4 Å². The lowest BCUT2D eigenvalue weighted by atomic mass is 9.93. The van der Waals surface area contributed by atoms with Crippen LogP contribution in [0.2, 0.25) is 0 Å². The molecule has 0 saturated carbocycles. The number of nitrogens with one attached hydrogen (secondary N) is 1. The second-order valence-electron chi connectivity index (χ2n) is 8.37. The first-order valence-electron chi connectivity index (χ1n) is 9.43. The van der Waals surface area contributed by atoms with Gasteiger partial charge in [-0.15, -0.1) is 0 Å². The molecule has 1 atom stereocenters. The van der Waals surface area contributed by atoms with Gasteiger partial charge in [-0.3, -0.25) is 4.79 Å². The Hall–Kier alpha value is -2.69. The fourth-order valence-corrected chi connectivity index (χ4v) is 3.15. The highest BCUT2D eigenvalue weighted by molar-refractivity contribution is 5.95. The molecule has 0 radical (unpaired) electrons. The maximum absolute atomic E-state index is 13.0. The number of nitrogens with zero attached hydrogens (tertiary/aromatic N) is 3. The van der Waals surface area contributed by atoms with Crippen molar-refractivity contribution in [3.8, 4) is 0 Å². The predicted molar refractivity (Wildman–Crippen MR) is 108 cm³/mol. The van der Waals surface area contributed by atoms with Crippen molar-refractivity contribution in [2.45, 2.75) is 58.9 Å². The quantitative estimate of drug-likeness (QED) is 0.733. The highest BCUT2D eigenvalue weighted by atomic mass is 16.1. The first-order chi connectivity index (χ1) is 12.7. The van der Waals surface area contributed by atoms with Crippen LogP contribution in [0.3, 0.4) is 0 Å². The molecular weight excluding hydrogens is 336 g/mol. The molecule has 0 aliphatic rings. The van der Waals surface area contributed by atoms with E-state index >= 15 is 0 Å². The lowest BCUT2D eigenvalue weighted by Crippen LogP contribution is -2.29. The fourth-order valence-electron chi connectivity index (χ4n) is 3.15. The molecule has 0 fully saturated rings. The molecule has 0 unspecified atom stereocenters. The van der Waals surface area contributed by atoms with E-state index < -0.39 is 0 Å². The van der Waals surface area contributed by atoms with E-state index in [1.54, 1.807) is 6.20 Å². The standard InChI is InChI=1S/C22H28N4O/c1-14(2)20-17(21(27)24-15(3)16-10-8-7-9-11-16)13-23-19-12-18(22(4,5)6)25-26(19)20/h7-15H,1-6H3,(H,24,27)/t15-/m1/s1. The van der Waals surface area contributed by atoms with E-state index in [1.807, 2.05) is 47.8 Å². The van der Waals surface area contributed by atoms with Gasteiger partial charge in [0.25, 0.3) is 5.91 Å². The van der Waals surface area contributed by atoms with Gasteiger partial charge in [0, 0.05) is 17.7 Å². The van der Waals surface area contributed by atoms with Crippen molar-refractivity contribution < 1.29 is 4.79 Å². The Morgan fingerprint density at radius 1 is 1.11 bits per heavy atom. The van der Waals surface area contributed by atoms with Crippen LogP contribution in [-0.4, -0.2) is 20.5 Å². The summed E-state index contributed by atoms with van der Waals surface area (Å²) in [4.78, 5) is 17.5. The Labute approximate surface area is 160 Å². The fraction of sp³-hybridized carbons (Fsp3) is 0.409. The Kier molecular flexibility index (Phi) is 5.05. The lowest BCUT2D eigenvalue weighted by molar-refractivity contribution is 0.0937. The molecule has 1 N–H and O–H groups in total. The lowest BCUT2D eigenvalue weighted by Gasteiger charge is -2.18. The minimum absolute atomic E-state index is 0.0772. The van der Waals surface area contributed by atoms with Gasteiger partial charge in [-0.25, -0.2) is 9.50 Å². The third-order valence-corrected chi connectivity index (χ3v) is 4.73. The van der Waals surface area contributed by atoms with Crippen molar-refractivity contribution in [1.29, 1.82) is 0 Å². The summed E-state index contributed by atoms with van der Waals surface area (Å²) >= 11 is 0. The zero-order valence-corrected chi connectivity index (χ0v) is 16.9. The zero-order valence-electron chi connectivity index (χ0n) is 16.9. The maximum atomic E-state index is 13.0. The average molecular weight is 364 g/mol. The molecule has 3 aromatic rings. The molecule has 0 aliphatic carbocycles. The van der Waals surface area contributed by atoms with Crippen LogP contribution < -0.4 is 5.32 Å². The van der Waals surface area contributed by atoms with Crippen LogP contribution in [0.1, 0.15) is 80.8 Å². The SMILES string of the molecule is CC(C)c1c(C(=O)N[C@H](C)c2ccccc2)cnc2cc(C(C)(C)C)nn12. The van der Waals surface area contributed by atoms with Crippen LogP contribution in [0.15, 0.2) is 42.6 Å². The van der Waals surface area contributed by atoms with Gasteiger partial charge in [0.05, 0.1) is 23.0 Å². The molecular formula is C22H28N4O.